The molecule has 11 heteroatoms. The third kappa shape index (κ3) is 6.17. The lowest BCUT2D eigenvalue weighted by atomic mass is 10.2. The van der Waals surface area contributed by atoms with Crippen LogP contribution < -0.4 is 15.4 Å². The van der Waals surface area contributed by atoms with Gasteiger partial charge in [0.15, 0.2) is 5.11 Å². The molecule has 3 rings (SSSR count). The topological polar surface area (TPSA) is 130 Å². The van der Waals surface area contributed by atoms with Crippen molar-refractivity contribution in [2.75, 3.05) is 5.32 Å². The summed E-state index contributed by atoms with van der Waals surface area (Å²) in [6.45, 7) is 0.164. The Bertz CT molecular complexity index is 1250. The molecule has 3 aromatic rings. The number of amides is 1. The van der Waals surface area contributed by atoms with Crippen LogP contribution >= 0.6 is 12.2 Å². The largest absolute Gasteiger partial charge is 0.332 e. The quantitative estimate of drug-likeness (QED) is 0.275. The van der Waals surface area contributed by atoms with Crippen LogP contribution in [0, 0.1) is 10.1 Å². The Morgan fingerprint density at radius 2 is 1.66 bits per heavy atom. The molecule has 32 heavy (non-hydrogen) atoms. The summed E-state index contributed by atoms with van der Waals surface area (Å²) < 4.78 is 27.4. The van der Waals surface area contributed by atoms with Gasteiger partial charge in [-0.3, -0.25) is 20.2 Å². The van der Waals surface area contributed by atoms with E-state index < -0.39 is 20.9 Å². The van der Waals surface area contributed by atoms with Gasteiger partial charge in [0, 0.05) is 29.9 Å². The molecule has 0 bridgehead atoms. The average molecular weight is 471 g/mol. The lowest BCUT2D eigenvalue weighted by Crippen LogP contribution is -2.34. The van der Waals surface area contributed by atoms with Crippen molar-refractivity contribution in [3.63, 3.8) is 0 Å². The molecular weight excluding hydrogens is 452 g/mol. The maximum atomic E-state index is 12.5. The molecule has 164 valence electrons. The molecule has 0 aliphatic rings. The maximum absolute atomic E-state index is 12.5. The van der Waals surface area contributed by atoms with Gasteiger partial charge in [-0.1, -0.05) is 36.4 Å². The standard InChI is InChI=1S/C21H18N4O5S2/c26-20(16-7-4-8-18(13-16)25(27)28)24-21(31)23-17-9-11-19(12-10-17)32(29,30)22-14-15-5-2-1-3-6-15/h1-13,22H,14H2,(H2,23,24,26,31). The smallest absolute Gasteiger partial charge is 0.270 e. The van der Waals surface area contributed by atoms with Crippen LogP contribution in [0.25, 0.3) is 0 Å². The number of thiocarbonyl (C=S) groups is 1. The normalized spacial score (nSPS) is 10.9. The zero-order valence-electron chi connectivity index (χ0n) is 16.5. The molecule has 0 radical (unpaired) electrons. The summed E-state index contributed by atoms with van der Waals surface area (Å²) in [5, 5.41) is 16.0. The van der Waals surface area contributed by atoms with Crippen LogP contribution in [-0.2, 0) is 16.6 Å². The van der Waals surface area contributed by atoms with Crippen molar-refractivity contribution < 1.29 is 18.1 Å². The van der Waals surface area contributed by atoms with Crippen LogP contribution in [0.15, 0.2) is 83.8 Å². The fourth-order valence-corrected chi connectivity index (χ4v) is 3.90. The van der Waals surface area contributed by atoms with Crippen molar-refractivity contribution in [1.29, 1.82) is 0 Å². The van der Waals surface area contributed by atoms with Gasteiger partial charge in [0.05, 0.1) is 9.82 Å². The highest BCUT2D eigenvalue weighted by Gasteiger charge is 2.15. The molecule has 0 heterocycles. The van der Waals surface area contributed by atoms with Crippen LogP contribution in [-0.4, -0.2) is 24.4 Å². The Balaban J connectivity index is 1.59. The second kappa shape index (κ2) is 10.1. The monoisotopic (exact) mass is 470 g/mol. The number of hydrogen-bond acceptors (Lipinski definition) is 6. The summed E-state index contributed by atoms with van der Waals surface area (Å²) in [4.78, 5) is 22.6. The SMILES string of the molecule is O=C(NC(=S)Nc1ccc(S(=O)(=O)NCc2ccccc2)cc1)c1cccc([N+](=O)[O-])c1. The second-order valence-electron chi connectivity index (χ2n) is 6.55. The molecule has 0 aromatic heterocycles. The van der Waals surface area contributed by atoms with Gasteiger partial charge >= 0.3 is 0 Å². The number of nitro groups is 1. The van der Waals surface area contributed by atoms with E-state index in [2.05, 4.69) is 15.4 Å². The minimum Gasteiger partial charge on any atom is -0.332 e. The maximum Gasteiger partial charge on any atom is 0.270 e. The van der Waals surface area contributed by atoms with E-state index in [1.807, 2.05) is 30.3 Å². The molecular formula is C21H18N4O5S2. The van der Waals surface area contributed by atoms with Crippen molar-refractivity contribution in [3.8, 4) is 0 Å². The molecule has 3 aromatic carbocycles. The van der Waals surface area contributed by atoms with E-state index in [-0.39, 0.29) is 27.8 Å². The zero-order chi connectivity index (χ0) is 23.1. The number of nitrogens with one attached hydrogen (secondary N) is 3. The summed E-state index contributed by atoms with van der Waals surface area (Å²) in [7, 11) is -3.71. The first-order chi connectivity index (χ1) is 15.2. The molecule has 0 saturated carbocycles. The summed E-state index contributed by atoms with van der Waals surface area (Å²) in [6, 6.07) is 20.2. The lowest BCUT2D eigenvalue weighted by molar-refractivity contribution is -0.384. The van der Waals surface area contributed by atoms with Crippen molar-refractivity contribution in [2.24, 2.45) is 0 Å². The van der Waals surface area contributed by atoms with Crippen LogP contribution in [0.3, 0.4) is 0 Å². The molecule has 0 spiro atoms. The number of nitrogens with zero attached hydrogens (tertiary/aromatic N) is 1. The molecule has 0 aliphatic carbocycles. The number of sulfonamides is 1. The van der Waals surface area contributed by atoms with Gasteiger partial charge in [-0.15, -0.1) is 0 Å². The predicted molar refractivity (Wildman–Crippen MR) is 124 cm³/mol. The molecule has 0 unspecified atom stereocenters. The fourth-order valence-electron chi connectivity index (χ4n) is 2.67. The highest BCUT2D eigenvalue weighted by molar-refractivity contribution is 7.89. The summed E-state index contributed by atoms with van der Waals surface area (Å²) in [6.07, 6.45) is 0. The van der Waals surface area contributed by atoms with Crippen LogP contribution in [0.1, 0.15) is 15.9 Å². The van der Waals surface area contributed by atoms with Crippen molar-refractivity contribution >= 4 is 44.6 Å². The van der Waals surface area contributed by atoms with Crippen molar-refractivity contribution in [2.45, 2.75) is 11.4 Å². The van der Waals surface area contributed by atoms with Gasteiger partial charge in [0.25, 0.3) is 11.6 Å². The molecule has 0 atom stereocenters. The Labute approximate surface area is 189 Å². The van der Waals surface area contributed by atoms with E-state index in [0.29, 0.717) is 5.69 Å². The number of benzene rings is 3. The highest BCUT2D eigenvalue weighted by atomic mass is 32.2. The van der Waals surface area contributed by atoms with Crippen molar-refractivity contribution in [1.82, 2.24) is 10.0 Å². The minimum absolute atomic E-state index is 0.0423. The summed E-state index contributed by atoms with van der Waals surface area (Å²) in [5.74, 6) is -0.615. The molecule has 1 amide bonds. The molecule has 0 fully saturated rings. The first kappa shape index (κ1) is 23.0. The first-order valence-electron chi connectivity index (χ1n) is 9.25. The Morgan fingerprint density at radius 1 is 0.969 bits per heavy atom. The van der Waals surface area contributed by atoms with Gasteiger partial charge in [-0.25, -0.2) is 13.1 Å². The molecule has 9 nitrogen and oxygen atoms in total. The van der Waals surface area contributed by atoms with Gasteiger partial charge in [-0.2, -0.15) is 0 Å². The molecule has 3 N–H and O–H groups in total. The number of non-ortho nitro benzene ring substituents is 1. The van der Waals surface area contributed by atoms with Gasteiger partial charge in [0.1, 0.15) is 0 Å². The van der Waals surface area contributed by atoms with E-state index in [4.69, 9.17) is 12.2 Å². The minimum atomic E-state index is -3.71. The first-order valence-corrected chi connectivity index (χ1v) is 11.1. The van der Waals surface area contributed by atoms with Gasteiger partial charge in [0.2, 0.25) is 10.0 Å². The average Bonchev–Trinajstić information content (AvgIpc) is 2.79. The van der Waals surface area contributed by atoms with Crippen LogP contribution in [0.4, 0.5) is 11.4 Å². The van der Waals surface area contributed by atoms with E-state index in [1.54, 1.807) is 0 Å². The third-order valence-corrected chi connectivity index (χ3v) is 5.90. The number of nitro benzene ring substituents is 1. The fraction of sp³-hybridized carbons (Fsp3) is 0.0476. The molecule has 0 aliphatic heterocycles. The lowest BCUT2D eigenvalue weighted by Gasteiger charge is -2.11. The number of hydrogen-bond donors (Lipinski definition) is 3. The predicted octanol–water partition coefficient (Wildman–Crippen LogP) is 3.20. The number of carbonyl (C=O) groups is 1. The van der Waals surface area contributed by atoms with Crippen LogP contribution in [0.5, 0.6) is 0 Å². The zero-order valence-corrected chi connectivity index (χ0v) is 18.2. The Hall–Kier alpha value is -3.67. The third-order valence-electron chi connectivity index (χ3n) is 4.28. The van der Waals surface area contributed by atoms with E-state index in [1.165, 1.54) is 42.5 Å². The van der Waals surface area contributed by atoms with Crippen molar-refractivity contribution in [3.05, 3.63) is 100 Å². The summed E-state index contributed by atoms with van der Waals surface area (Å²) >= 11 is 5.09. The molecule has 0 saturated heterocycles. The van der Waals surface area contributed by atoms with Gasteiger partial charge in [-0.05, 0) is 48.1 Å². The highest BCUT2D eigenvalue weighted by Crippen LogP contribution is 2.15. The van der Waals surface area contributed by atoms with E-state index in [9.17, 15) is 23.3 Å². The number of rotatable bonds is 7. The van der Waals surface area contributed by atoms with Gasteiger partial charge < -0.3 is 5.32 Å². The number of anilines is 1. The van der Waals surface area contributed by atoms with E-state index >= 15 is 0 Å². The van der Waals surface area contributed by atoms with E-state index in [0.717, 1.165) is 11.6 Å². The Kier molecular flexibility index (Phi) is 7.25. The number of carbonyl (C=O) groups excluding carboxylic acids is 1. The Morgan fingerprint density at radius 3 is 2.31 bits per heavy atom. The summed E-state index contributed by atoms with van der Waals surface area (Å²) in [5.41, 5.74) is 1.15. The van der Waals surface area contributed by atoms with Crippen LogP contribution in [0.2, 0.25) is 0 Å². The second-order valence-corrected chi connectivity index (χ2v) is 8.73.